The molecule has 0 fully saturated rings. The molecule has 0 atom stereocenters. The van der Waals surface area contributed by atoms with Gasteiger partial charge in [-0.05, 0) is 6.92 Å². The quantitative estimate of drug-likeness (QED) is 0.635. The van der Waals surface area contributed by atoms with Crippen LogP contribution in [0.25, 0.3) is 0 Å². The SMILES string of the molecule is CCn1cc(N)c(C(=O)NCCC(=O)NC)n1. The largest absolute Gasteiger partial charge is 0.396 e. The van der Waals surface area contributed by atoms with Crippen LogP contribution in [0.3, 0.4) is 0 Å². The summed E-state index contributed by atoms with van der Waals surface area (Å²) in [6.45, 7) is 2.81. The average molecular weight is 239 g/mol. The third-order valence-corrected chi connectivity index (χ3v) is 2.25. The highest BCUT2D eigenvalue weighted by molar-refractivity contribution is 5.97. The highest BCUT2D eigenvalue weighted by Crippen LogP contribution is 2.08. The standard InChI is InChI=1S/C10H17N5O2/c1-3-15-6-7(11)9(14-15)10(17)13-5-4-8(16)12-2/h6H,3-5,11H2,1-2H3,(H,12,16)(H,13,17). The van der Waals surface area contributed by atoms with Crippen LogP contribution in [0.4, 0.5) is 5.69 Å². The molecule has 1 aromatic heterocycles. The minimum Gasteiger partial charge on any atom is -0.396 e. The first-order valence-corrected chi connectivity index (χ1v) is 5.40. The van der Waals surface area contributed by atoms with Crippen LogP contribution in [0, 0.1) is 0 Å². The molecule has 17 heavy (non-hydrogen) atoms. The molecule has 0 aromatic carbocycles. The molecule has 0 unspecified atom stereocenters. The second kappa shape index (κ2) is 5.88. The van der Waals surface area contributed by atoms with Crippen LogP contribution >= 0.6 is 0 Å². The Morgan fingerprint density at radius 2 is 2.24 bits per heavy atom. The number of aryl methyl sites for hydroxylation is 1. The summed E-state index contributed by atoms with van der Waals surface area (Å²) >= 11 is 0. The van der Waals surface area contributed by atoms with Gasteiger partial charge in [-0.1, -0.05) is 0 Å². The van der Waals surface area contributed by atoms with Crippen LogP contribution < -0.4 is 16.4 Å². The maximum atomic E-state index is 11.7. The van der Waals surface area contributed by atoms with Gasteiger partial charge in [0.25, 0.3) is 5.91 Å². The Morgan fingerprint density at radius 3 is 2.76 bits per heavy atom. The first-order valence-electron chi connectivity index (χ1n) is 5.40. The van der Waals surface area contributed by atoms with Crippen LogP contribution in [-0.2, 0) is 11.3 Å². The Balaban J connectivity index is 2.52. The summed E-state index contributed by atoms with van der Waals surface area (Å²) in [4.78, 5) is 22.6. The molecule has 7 nitrogen and oxygen atoms in total. The van der Waals surface area contributed by atoms with Gasteiger partial charge in [0, 0.05) is 32.8 Å². The first-order chi connectivity index (χ1) is 8.08. The van der Waals surface area contributed by atoms with Gasteiger partial charge in [0.05, 0.1) is 5.69 Å². The van der Waals surface area contributed by atoms with E-state index in [4.69, 9.17) is 5.73 Å². The number of carbonyl (C=O) groups is 2. The van der Waals surface area contributed by atoms with E-state index in [0.717, 1.165) is 0 Å². The number of hydrogen-bond donors (Lipinski definition) is 3. The van der Waals surface area contributed by atoms with E-state index in [0.29, 0.717) is 12.2 Å². The van der Waals surface area contributed by atoms with Crippen LogP contribution in [0.5, 0.6) is 0 Å². The Hall–Kier alpha value is -2.05. The van der Waals surface area contributed by atoms with E-state index in [-0.39, 0.29) is 30.5 Å². The fraction of sp³-hybridized carbons (Fsp3) is 0.500. The smallest absolute Gasteiger partial charge is 0.273 e. The van der Waals surface area contributed by atoms with Crippen molar-refractivity contribution in [2.45, 2.75) is 19.9 Å². The fourth-order valence-electron chi connectivity index (χ4n) is 1.27. The summed E-state index contributed by atoms with van der Waals surface area (Å²) in [5, 5.41) is 9.08. The number of nitrogens with zero attached hydrogens (tertiary/aromatic N) is 2. The minimum atomic E-state index is -0.362. The molecule has 0 aliphatic rings. The van der Waals surface area contributed by atoms with Crippen molar-refractivity contribution in [3.05, 3.63) is 11.9 Å². The molecular weight excluding hydrogens is 222 g/mol. The average Bonchev–Trinajstić information content (AvgIpc) is 2.70. The van der Waals surface area contributed by atoms with Gasteiger partial charge in [-0.15, -0.1) is 0 Å². The van der Waals surface area contributed by atoms with E-state index >= 15 is 0 Å². The van der Waals surface area contributed by atoms with E-state index < -0.39 is 0 Å². The summed E-state index contributed by atoms with van der Waals surface area (Å²) in [7, 11) is 1.55. The van der Waals surface area contributed by atoms with Crippen molar-refractivity contribution >= 4 is 17.5 Å². The Bertz CT molecular complexity index is 413. The minimum absolute atomic E-state index is 0.127. The third-order valence-electron chi connectivity index (χ3n) is 2.25. The highest BCUT2D eigenvalue weighted by atomic mass is 16.2. The lowest BCUT2D eigenvalue weighted by Crippen LogP contribution is -2.29. The summed E-state index contributed by atoms with van der Waals surface area (Å²) in [5.41, 5.74) is 6.19. The Morgan fingerprint density at radius 1 is 1.53 bits per heavy atom. The van der Waals surface area contributed by atoms with Gasteiger partial charge in [0.15, 0.2) is 5.69 Å². The molecule has 1 rings (SSSR count). The monoisotopic (exact) mass is 239 g/mol. The van der Waals surface area contributed by atoms with E-state index in [1.165, 1.54) is 0 Å². The van der Waals surface area contributed by atoms with Crippen LogP contribution in [0.1, 0.15) is 23.8 Å². The number of aromatic nitrogens is 2. The third kappa shape index (κ3) is 3.47. The summed E-state index contributed by atoms with van der Waals surface area (Å²) in [5.74, 6) is -0.490. The maximum absolute atomic E-state index is 11.7. The van der Waals surface area contributed by atoms with Gasteiger partial charge < -0.3 is 16.4 Å². The second-order valence-corrected chi connectivity index (χ2v) is 3.47. The zero-order valence-corrected chi connectivity index (χ0v) is 9.99. The molecule has 1 heterocycles. The Kier molecular flexibility index (Phi) is 4.50. The molecule has 0 bridgehead atoms. The highest BCUT2D eigenvalue weighted by Gasteiger charge is 2.14. The maximum Gasteiger partial charge on any atom is 0.273 e. The van der Waals surface area contributed by atoms with Crippen LogP contribution in [-0.4, -0.2) is 35.2 Å². The van der Waals surface area contributed by atoms with Crippen molar-refractivity contribution in [1.82, 2.24) is 20.4 Å². The molecular formula is C10H17N5O2. The molecule has 0 aliphatic heterocycles. The fourth-order valence-corrected chi connectivity index (χ4v) is 1.27. The molecule has 94 valence electrons. The molecule has 0 radical (unpaired) electrons. The normalized spacial score (nSPS) is 10.0. The lowest BCUT2D eigenvalue weighted by atomic mass is 10.3. The van der Waals surface area contributed by atoms with Crippen LogP contribution in [0.15, 0.2) is 6.20 Å². The van der Waals surface area contributed by atoms with Crippen LogP contribution in [0.2, 0.25) is 0 Å². The van der Waals surface area contributed by atoms with Gasteiger partial charge in [-0.25, -0.2) is 0 Å². The van der Waals surface area contributed by atoms with Crippen molar-refractivity contribution in [3.8, 4) is 0 Å². The van der Waals surface area contributed by atoms with E-state index in [1.54, 1.807) is 17.9 Å². The molecule has 4 N–H and O–H groups in total. The Labute approximate surface area is 99.4 Å². The number of rotatable bonds is 5. The first kappa shape index (κ1) is 13.0. The molecule has 0 saturated heterocycles. The molecule has 2 amide bonds. The lowest BCUT2D eigenvalue weighted by molar-refractivity contribution is -0.120. The second-order valence-electron chi connectivity index (χ2n) is 3.47. The molecule has 0 spiro atoms. The van der Waals surface area contributed by atoms with Gasteiger partial charge in [0.2, 0.25) is 5.91 Å². The number of hydrogen-bond acceptors (Lipinski definition) is 4. The van der Waals surface area contributed by atoms with E-state index in [9.17, 15) is 9.59 Å². The van der Waals surface area contributed by atoms with Crippen molar-refractivity contribution in [2.24, 2.45) is 0 Å². The molecule has 0 saturated carbocycles. The predicted octanol–water partition coefficient (Wildman–Crippen LogP) is -0.649. The van der Waals surface area contributed by atoms with Gasteiger partial charge >= 0.3 is 0 Å². The van der Waals surface area contributed by atoms with Gasteiger partial charge in [-0.2, -0.15) is 5.10 Å². The number of nitrogens with one attached hydrogen (secondary N) is 2. The molecule has 1 aromatic rings. The number of amides is 2. The van der Waals surface area contributed by atoms with E-state index in [2.05, 4.69) is 15.7 Å². The summed E-state index contributed by atoms with van der Waals surface area (Å²) < 4.78 is 1.59. The van der Waals surface area contributed by atoms with Crippen molar-refractivity contribution < 1.29 is 9.59 Å². The zero-order valence-electron chi connectivity index (χ0n) is 9.99. The summed E-state index contributed by atoms with van der Waals surface area (Å²) in [6, 6.07) is 0. The predicted molar refractivity (Wildman–Crippen MR) is 63.3 cm³/mol. The zero-order chi connectivity index (χ0) is 12.8. The number of carbonyl (C=O) groups excluding carboxylic acids is 2. The number of nitrogen functional groups attached to an aromatic ring is 1. The molecule has 7 heteroatoms. The number of anilines is 1. The lowest BCUT2D eigenvalue weighted by Gasteiger charge is -2.02. The van der Waals surface area contributed by atoms with Crippen molar-refractivity contribution in [3.63, 3.8) is 0 Å². The van der Waals surface area contributed by atoms with Gasteiger partial charge in [0.1, 0.15) is 0 Å². The van der Waals surface area contributed by atoms with E-state index in [1.807, 2.05) is 6.92 Å². The topological polar surface area (TPSA) is 102 Å². The van der Waals surface area contributed by atoms with Crippen molar-refractivity contribution in [2.75, 3.05) is 19.3 Å². The number of nitrogens with two attached hydrogens (primary N) is 1. The van der Waals surface area contributed by atoms with Gasteiger partial charge in [-0.3, -0.25) is 14.3 Å². The molecule has 0 aliphatic carbocycles. The van der Waals surface area contributed by atoms with Crippen molar-refractivity contribution in [1.29, 1.82) is 0 Å². The summed E-state index contributed by atoms with van der Waals surface area (Å²) in [6.07, 6.45) is 1.84.